The van der Waals surface area contributed by atoms with Crippen molar-refractivity contribution in [1.82, 2.24) is 10.2 Å². The van der Waals surface area contributed by atoms with Crippen molar-refractivity contribution in [2.75, 3.05) is 18.0 Å². The molecule has 0 saturated carbocycles. The van der Waals surface area contributed by atoms with Gasteiger partial charge in [-0.15, -0.1) is 10.2 Å². The van der Waals surface area contributed by atoms with Crippen LogP contribution < -0.4 is 10.6 Å². The zero-order valence-corrected chi connectivity index (χ0v) is 9.04. The number of anilines is 1. The van der Waals surface area contributed by atoms with E-state index in [0.717, 1.165) is 0 Å². The minimum atomic E-state index is -1.11. The molecule has 1 unspecified atom stereocenters. The molecular formula is C10H12N4O3. The predicted molar refractivity (Wildman–Crippen MR) is 58.5 cm³/mol. The van der Waals surface area contributed by atoms with Crippen LogP contribution in [-0.2, 0) is 4.79 Å². The number of hydrogen-bond acceptors (Lipinski definition) is 5. The molecule has 0 spiro atoms. The molecule has 7 heteroatoms. The average Bonchev–Trinajstić information content (AvgIpc) is 2.78. The summed E-state index contributed by atoms with van der Waals surface area (Å²) in [4.78, 5) is 23.5. The number of carboxylic acid groups (broad SMARTS) is 1. The van der Waals surface area contributed by atoms with Gasteiger partial charge in [-0.25, -0.2) is 4.79 Å². The van der Waals surface area contributed by atoms with Crippen molar-refractivity contribution < 1.29 is 14.7 Å². The van der Waals surface area contributed by atoms with Gasteiger partial charge in [0.1, 0.15) is 0 Å². The topological polar surface area (TPSA) is 109 Å². The van der Waals surface area contributed by atoms with Crippen LogP contribution in [0.25, 0.3) is 0 Å². The quantitative estimate of drug-likeness (QED) is 0.731. The third-order valence-electron chi connectivity index (χ3n) is 2.78. The van der Waals surface area contributed by atoms with Gasteiger partial charge >= 0.3 is 5.97 Å². The van der Waals surface area contributed by atoms with Gasteiger partial charge in [-0.2, -0.15) is 0 Å². The van der Waals surface area contributed by atoms with Crippen molar-refractivity contribution in [2.24, 2.45) is 11.7 Å². The lowest BCUT2D eigenvalue weighted by molar-refractivity contribution is -0.121. The molecule has 1 aromatic rings. The Hall–Kier alpha value is -2.18. The number of hydrogen-bond donors (Lipinski definition) is 2. The molecular weight excluding hydrogens is 224 g/mol. The van der Waals surface area contributed by atoms with Crippen LogP contribution in [0.3, 0.4) is 0 Å². The standard InChI is InChI=1S/C10H12N4O3/c11-9(15)6-3-4-14(5-6)8-2-1-7(10(16)17)12-13-8/h1-2,6H,3-5H2,(H2,11,15)(H,16,17). The molecule has 0 aromatic carbocycles. The lowest BCUT2D eigenvalue weighted by Gasteiger charge is -2.15. The van der Waals surface area contributed by atoms with Crippen LogP contribution in [0.5, 0.6) is 0 Å². The fourth-order valence-corrected chi connectivity index (χ4v) is 1.81. The van der Waals surface area contributed by atoms with Crippen LogP contribution in [0.4, 0.5) is 5.82 Å². The summed E-state index contributed by atoms with van der Waals surface area (Å²) in [7, 11) is 0. The first-order chi connectivity index (χ1) is 8.08. The number of carboxylic acids is 1. The number of rotatable bonds is 3. The van der Waals surface area contributed by atoms with E-state index in [1.54, 1.807) is 6.07 Å². The number of primary amides is 1. The number of carbonyl (C=O) groups excluding carboxylic acids is 1. The molecule has 0 radical (unpaired) electrons. The highest BCUT2D eigenvalue weighted by molar-refractivity contribution is 5.85. The van der Waals surface area contributed by atoms with Gasteiger partial charge in [-0.05, 0) is 18.6 Å². The van der Waals surface area contributed by atoms with Crippen molar-refractivity contribution >= 4 is 17.7 Å². The molecule has 1 atom stereocenters. The highest BCUT2D eigenvalue weighted by Gasteiger charge is 2.27. The minimum Gasteiger partial charge on any atom is -0.476 e. The van der Waals surface area contributed by atoms with E-state index in [9.17, 15) is 9.59 Å². The lowest BCUT2D eigenvalue weighted by atomic mass is 10.1. The van der Waals surface area contributed by atoms with Crippen molar-refractivity contribution in [3.05, 3.63) is 17.8 Å². The molecule has 90 valence electrons. The second kappa shape index (κ2) is 4.36. The molecule has 0 bridgehead atoms. The molecule has 7 nitrogen and oxygen atoms in total. The van der Waals surface area contributed by atoms with Gasteiger partial charge in [0.15, 0.2) is 11.5 Å². The molecule has 17 heavy (non-hydrogen) atoms. The fraction of sp³-hybridized carbons (Fsp3) is 0.400. The first-order valence-electron chi connectivity index (χ1n) is 5.19. The summed E-state index contributed by atoms with van der Waals surface area (Å²) in [6.07, 6.45) is 0.692. The third-order valence-corrected chi connectivity index (χ3v) is 2.78. The Kier molecular flexibility index (Phi) is 2.90. The molecule has 1 saturated heterocycles. The van der Waals surface area contributed by atoms with E-state index in [1.807, 2.05) is 4.90 Å². The van der Waals surface area contributed by atoms with Gasteiger partial charge in [-0.1, -0.05) is 0 Å². The monoisotopic (exact) mass is 236 g/mol. The molecule has 2 heterocycles. The normalized spacial score (nSPS) is 19.3. The minimum absolute atomic E-state index is 0.0978. The van der Waals surface area contributed by atoms with E-state index in [4.69, 9.17) is 10.8 Å². The highest BCUT2D eigenvalue weighted by Crippen LogP contribution is 2.21. The van der Waals surface area contributed by atoms with E-state index in [2.05, 4.69) is 10.2 Å². The molecule has 1 aliphatic heterocycles. The molecule has 1 fully saturated rings. The Morgan fingerprint density at radius 3 is 2.65 bits per heavy atom. The Balaban J connectivity index is 2.09. The smallest absolute Gasteiger partial charge is 0.356 e. The number of aromatic nitrogens is 2. The number of aromatic carboxylic acids is 1. The summed E-state index contributed by atoms with van der Waals surface area (Å²) in [5, 5.41) is 16.1. The van der Waals surface area contributed by atoms with Crippen molar-refractivity contribution in [3.63, 3.8) is 0 Å². The first-order valence-corrected chi connectivity index (χ1v) is 5.19. The molecule has 1 aromatic heterocycles. The zero-order chi connectivity index (χ0) is 12.4. The summed E-state index contributed by atoms with van der Waals surface area (Å²) in [6.45, 7) is 1.19. The molecule has 3 N–H and O–H groups in total. The maximum absolute atomic E-state index is 11.0. The van der Waals surface area contributed by atoms with E-state index in [1.165, 1.54) is 6.07 Å². The Bertz CT molecular complexity index is 445. The largest absolute Gasteiger partial charge is 0.476 e. The van der Waals surface area contributed by atoms with Crippen molar-refractivity contribution in [2.45, 2.75) is 6.42 Å². The van der Waals surface area contributed by atoms with Crippen LogP contribution in [0.2, 0.25) is 0 Å². The first kappa shape index (κ1) is 11.3. The predicted octanol–water partition coefficient (Wildman–Crippen LogP) is -0.514. The Labute approximate surface area is 97.2 Å². The number of nitrogens with zero attached hydrogens (tertiary/aromatic N) is 3. The average molecular weight is 236 g/mol. The maximum Gasteiger partial charge on any atom is 0.356 e. The van der Waals surface area contributed by atoms with E-state index in [0.29, 0.717) is 25.3 Å². The van der Waals surface area contributed by atoms with E-state index >= 15 is 0 Å². The molecule has 0 aliphatic carbocycles. The van der Waals surface area contributed by atoms with Gasteiger partial charge in [0.05, 0.1) is 5.92 Å². The van der Waals surface area contributed by atoms with Crippen LogP contribution in [0, 0.1) is 5.92 Å². The second-order valence-electron chi connectivity index (χ2n) is 3.92. The molecule has 1 amide bonds. The Morgan fingerprint density at radius 2 is 2.18 bits per heavy atom. The van der Waals surface area contributed by atoms with Crippen molar-refractivity contribution in [3.8, 4) is 0 Å². The number of carbonyl (C=O) groups is 2. The van der Waals surface area contributed by atoms with Gasteiger partial charge in [-0.3, -0.25) is 4.79 Å². The maximum atomic E-state index is 11.0. The SMILES string of the molecule is NC(=O)C1CCN(c2ccc(C(=O)O)nn2)C1. The van der Waals surface area contributed by atoms with Gasteiger partial charge in [0, 0.05) is 13.1 Å². The highest BCUT2D eigenvalue weighted by atomic mass is 16.4. The van der Waals surface area contributed by atoms with Gasteiger partial charge in [0.2, 0.25) is 5.91 Å². The van der Waals surface area contributed by atoms with Gasteiger partial charge in [0.25, 0.3) is 0 Å². The van der Waals surface area contributed by atoms with Crippen LogP contribution in [0.1, 0.15) is 16.9 Å². The molecule has 1 aliphatic rings. The van der Waals surface area contributed by atoms with Crippen molar-refractivity contribution in [1.29, 1.82) is 0 Å². The summed E-state index contributed by atoms with van der Waals surface area (Å²) >= 11 is 0. The summed E-state index contributed by atoms with van der Waals surface area (Å²) < 4.78 is 0. The Morgan fingerprint density at radius 1 is 1.41 bits per heavy atom. The van der Waals surface area contributed by atoms with Gasteiger partial charge < -0.3 is 15.7 Å². The lowest BCUT2D eigenvalue weighted by Crippen LogP contribution is -2.27. The molecule has 2 rings (SSSR count). The fourth-order valence-electron chi connectivity index (χ4n) is 1.81. The second-order valence-corrected chi connectivity index (χ2v) is 3.92. The van der Waals surface area contributed by atoms with Crippen LogP contribution in [0.15, 0.2) is 12.1 Å². The zero-order valence-electron chi connectivity index (χ0n) is 9.04. The van der Waals surface area contributed by atoms with E-state index < -0.39 is 5.97 Å². The van der Waals surface area contributed by atoms with Crippen LogP contribution >= 0.6 is 0 Å². The van der Waals surface area contributed by atoms with Crippen LogP contribution in [-0.4, -0.2) is 40.3 Å². The summed E-state index contributed by atoms with van der Waals surface area (Å²) in [6, 6.07) is 2.97. The number of nitrogens with two attached hydrogens (primary N) is 1. The summed E-state index contributed by atoms with van der Waals surface area (Å²) in [5.74, 6) is -1.03. The van der Waals surface area contributed by atoms with E-state index in [-0.39, 0.29) is 17.5 Å². The summed E-state index contributed by atoms with van der Waals surface area (Å²) in [5.41, 5.74) is 5.12. The third kappa shape index (κ3) is 2.32. The number of amides is 1.